The van der Waals surface area contributed by atoms with Crippen molar-refractivity contribution in [3.8, 4) is 0 Å². The minimum Gasteiger partial charge on any atom is -0.355 e. The number of amides is 1. The van der Waals surface area contributed by atoms with Gasteiger partial charge in [0.2, 0.25) is 5.91 Å². The molecule has 1 rings (SSSR count). The molecule has 1 unspecified atom stereocenters. The summed E-state index contributed by atoms with van der Waals surface area (Å²) in [5, 5.41) is 6.73. The average Bonchev–Trinajstić information content (AvgIpc) is 2.33. The molecule has 3 nitrogen and oxygen atoms in total. The highest BCUT2D eigenvalue weighted by molar-refractivity contribution is 6.30. The molecule has 1 aromatic rings. The van der Waals surface area contributed by atoms with Gasteiger partial charge in [-0.1, -0.05) is 30.7 Å². The van der Waals surface area contributed by atoms with Crippen molar-refractivity contribution in [1.29, 1.82) is 0 Å². The molecule has 1 atom stereocenters. The lowest BCUT2D eigenvalue weighted by Gasteiger charge is -2.13. The molecule has 0 radical (unpaired) electrons. The SMILES string of the molecule is CCCNC(=O)C(C)NCc1cccc(Cl)c1. The fourth-order valence-corrected chi connectivity index (χ4v) is 1.62. The van der Waals surface area contributed by atoms with Gasteiger partial charge in [0.1, 0.15) is 0 Å². The Morgan fingerprint density at radius 1 is 1.47 bits per heavy atom. The standard InChI is InChI=1S/C13H19ClN2O/c1-3-7-15-13(17)10(2)16-9-11-5-4-6-12(14)8-11/h4-6,8,10,16H,3,7,9H2,1-2H3,(H,15,17). The number of benzene rings is 1. The van der Waals surface area contributed by atoms with Crippen LogP contribution >= 0.6 is 11.6 Å². The first-order chi connectivity index (χ1) is 8.13. The quantitative estimate of drug-likeness (QED) is 0.818. The van der Waals surface area contributed by atoms with E-state index in [1.807, 2.05) is 38.1 Å². The third kappa shape index (κ3) is 5.20. The van der Waals surface area contributed by atoms with Gasteiger partial charge >= 0.3 is 0 Å². The maximum absolute atomic E-state index is 11.6. The second-order valence-corrected chi connectivity index (χ2v) is 4.46. The highest BCUT2D eigenvalue weighted by Gasteiger charge is 2.10. The molecule has 0 bridgehead atoms. The van der Waals surface area contributed by atoms with Crippen molar-refractivity contribution in [2.75, 3.05) is 6.54 Å². The zero-order valence-corrected chi connectivity index (χ0v) is 11.1. The van der Waals surface area contributed by atoms with E-state index in [1.54, 1.807) is 0 Å². The van der Waals surface area contributed by atoms with Crippen molar-refractivity contribution in [3.05, 3.63) is 34.9 Å². The second-order valence-electron chi connectivity index (χ2n) is 4.02. The van der Waals surface area contributed by atoms with E-state index in [4.69, 9.17) is 11.6 Å². The largest absolute Gasteiger partial charge is 0.355 e. The molecule has 0 spiro atoms. The van der Waals surface area contributed by atoms with Crippen LogP contribution in [0.2, 0.25) is 5.02 Å². The van der Waals surface area contributed by atoms with Crippen molar-refractivity contribution in [2.45, 2.75) is 32.9 Å². The third-order valence-corrected chi connectivity index (χ3v) is 2.68. The molecule has 0 aliphatic carbocycles. The Hall–Kier alpha value is -1.06. The number of hydrogen-bond acceptors (Lipinski definition) is 2. The van der Waals surface area contributed by atoms with Gasteiger partial charge in [-0.3, -0.25) is 4.79 Å². The molecule has 17 heavy (non-hydrogen) atoms. The molecule has 1 amide bonds. The van der Waals surface area contributed by atoms with Crippen LogP contribution in [0.5, 0.6) is 0 Å². The minimum absolute atomic E-state index is 0.0360. The monoisotopic (exact) mass is 254 g/mol. The van der Waals surface area contributed by atoms with E-state index < -0.39 is 0 Å². The van der Waals surface area contributed by atoms with E-state index in [1.165, 1.54) is 0 Å². The topological polar surface area (TPSA) is 41.1 Å². The van der Waals surface area contributed by atoms with Gasteiger partial charge in [-0.2, -0.15) is 0 Å². The molecule has 0 fully saturated rings. The molecule has 1 aromatic carbocycles. The highest BCUT2D eigenvalue weighted by Crippen LogP contribution is 2.10. The van der Waals surface area contributed by atoms with Gasteiger partial charge in [-0.05, 0) is 31.0 Å². The van der Waals surface area contributed by atoms with Crippen LogP contribution in [0.4, 0.5) is 0 Å². The Labute approximate surface area is 108 Å². The first-order valence-corrected chi connectivity index (χ1v) is 6.26. The fourth-order valence-electron chi connectivity index (χ4n) is 1.41. The number of hydrogen-bond donors (Lipinski definition) is 2. The maximum Gasteiger partial charge on any atom is 0.236 e. The lowest BCUT2D eigenvalue weighted by Crippen LogP contribution is -2.42. The van der Waals surface area contributed by atoms with Crippen molar-refractivity contribution in [2.24, 2.45) is 0 Å². The third-order valence-electron chi connectivity index (χ3n) is 2.44. The van der Waals surface area contributed by atoms with E-state index in [2.05, 4.69) is 10.6 Å². The van der Waals surface area contributed by atoms with Gasteiger partial charge in [0.05, 0.1) is 6.04 Å². The van der Waals surface area contributed by atoms with Gasteiger partial charge in [0, 0.05) is 18.1 Å². The first kappa shape index (κ1) is 14.0. The molecular formula is C13H19ClN2O. The van der Waals surface area contributed by atoms with E-state index in [-0.39, 0.29) is 11.9 Å². The van der Waals surface area contributed by atoms with Gasteiger partial charge in [-0.25, -0.2) is 0 Å². The summed E-state index contributed by atoms with van der Waals surface area (Å²) in [5.74, 6) is 0.0360. The van der Waals surface area contributed by atoms with Crippen LogP contribution in [0.25, 0.3) is 0 Å². The first-order valence-electron chi connectivity index (χ1n) is 5.89. The average molecular weight is 255 g/mol. The molecule has 0 heterocycles. The molecule has 0 saturated heterocycles. The molecule has 2 N–H and O–H groups in total. The van der Waals surface area contributed by atoms with E-state index in [0.717, 1.165) is 18.5 Å². The Morgan fingerprint density at radius 3 is 2.88 bits per heavy atom. The molecule has 0 saturated carbocycles. The maximum atomic E-state index is 11.6. The van der Waals surface area contributed by atoms with Crippen molar-refractivity contribution in [1.82, 2.24) is 10.6 Å². The fraction of sp³-hybridized carbons (Fsp3) is 0.462. The summed E-state index contributed by atoms with van der Waals surface area (Å²) < 4.78 is 0. The lowest BCUT2D eigenvalue weighted by atomic mass is 10.2. The van der Waals surface area contributed by atoms with Crippen LogP contribution in [0.3, 0.4) is 0 Å². The van der Waals surface area contributed by atoms with Crippen LogP contribution in [-0.2, 0) is 11.3 Å². The molecular weight excluding hydrogens is 236 g/mol. The summed E-state index contributed by atoms with van der Waals surface area (Å²) in [4.78, 5) is 11.6. The zero-order valence-electron chi connectivity index (χ0n) is 10.3. The normalized spacial score (nSPS) is 12.2. The number of rotatable bonds is 6. The van der Waals surface area contributed by atoms with E-state index in [9.17, 15) is 4.79 Å². The van der Waals surface area contributed by atoms with Gasteiger partial charge in [0.25, 0.3) is 0 Å². The number of halogens is 1. The van der Waals surface area contributed by atoms with Crippen molar-refractivity contribution >= 4 is 17.5 Å². The predicted octanol–water partition coefficient (Wildman–Crippen LogP) is 2.34. The molecule has 0 aliphatic rings. The number of carbonyl (C=O) groups excluding carboxylic acids is 1. The summed E-state index contributed by atoms with van der Waals surface area (Å²) >= 11 is 5.88. The number of nitrogens with one attached hydrogen (secondary N) is 2. The highest BCUT2D eigenvalue weighted by atomic mass is 35.5. The van der Waals surface area contributed by atoms with Crippen molar-refractivity contribution < 1.29 is 4.79 Å². The molecule has 0 aliphatic heterocycles. The molecule has 94 valence electrons. The summed E-state index contributed by atoms with van der Waals surface area (Å²) in [6, 6.07) is 7.42. The van der Waals surface area contributed by atoms with Crippen LogP contribution in [-0.4, -0.2) is 18.5 Å². The number of carbonyl (C=O) groups is 1. The summed E-state index contributed by atoms with van der Waals surface area (Å²) in [6.45, 7) is 5.25. The van der Waals surface area contributed by atoms with Crippen LogP contribution in [0.15, 0.2) is 24.3 Å². The lowest BCUT2D eigenvalue weighted by molar-refractivity contribution is -0.122. The van der Waals surface area contributed by atoms with Gasteiger partial charge < -0.3 is 10.6 Å². The van der Waals surface area contributed by atoms with E-state index >= 15 is 0 Å². The van der Waals surface area contributed by atoms with Gasteiger partial charge in [-0.15, -0.1) is 0 Å². The van der Waals surface area contributed by atoms with Crippen LogP contribution < -0.4 is 10.6 Å². The Morgan fingerprint density at radius 2 is 2.24 bits per heavy atom. The zero-order chi connectivity index (χ0) is 12.7. The van der Waals surface area contributed by atoms with Crippen LogP contribution in [0, 0.1) is 0 Å². The Kier molecular flexibility index (Phi) is 6.01. The van der Waals surface area contributed by atoms with Crippen LogP contribution in [0.1, 0.15) is 25.8 Å². The van der Waals surface area contributed by atoms with Crippen molar-refractivity contribution in [3.63, 3.8) is 0 Å². The second kappa shape index (κ2) is 7.30. The summed E-state index contributed by atoms with van der Waals surface area (Å²) in [5.41, 5.74) is 1.08. The van der Waals surface area contributed by atoms with E-state index in [0.29, 0.717) is 11.6 Å². The predicted molar refractivity (Wildman–Crippen MR) is 71.1 cm³/mol. The molecule has 4 heteroatoms. The Balaban J connectivity index is 2.37. The Bertz CT molecular complexity index is 368. The molecule has 0 aromatic heterocycles. The summed E-state index contributed by atoms with van der Waals surface area (Å²) in [6.07, 6.45) is 0.951. The minimum atomic E-state index is -0.194. The smallest absolute Gasteiger partial charge is 0.236 e. The summed E-state index contributed by atoms with van der Waals surface area (Å²) in [7, 11) is 0. The van der Waals surface area contributed by atoms with Gasteiger partial charge in [0.15, 0.2) is 0 Å².